The van der Waals surface area contributed by atoms with Crippen molar-refractivity contribution in [1.29, 1.82) is 0 Å². The van der Waals surface area contributed by atoms with Gasteiger partial charge in [0, 0.05) is 17.7 Å². The molecule has 0 bridgehead atoms. The van der Waals surface area contributed by atoms with E-state index < -0.39 is 0 Å². The van der Waals surface area contributed by atoms with Crippen molar-refractivity contribution in [3.63, 3.8) is 0 Å². The van der Waals surface area contributed by atoms with Crippen LogP contribution in [-0.2, 0) is 0 Å². The fourth-order valence-corrected chi connectivity index (χ4v) is 1.99. The number of nitrogens with one attached hydrogen (secondary N) is 1. The zero-order chi connectivity index (χ0) is 14.7. The molecule has 0 saturated heterocycles. The van der Waals surface area contributed by atoms with Crippen LogP contribution < -0.4 is 5.32 Å². The number of hydrogen-bond donors (Lipinski definition) is 2. The average Bonchev–Trinajstić information content (AvgIpc) is 2.93. The number of fused-ring (bicyclic) bond motifs is 1. The number of carbonyl (C=O) groups excluding carboxylic acids is 1. The Morgan fingerprint density at radius 3 is 2.67 bits per heavy atom. The molecule has 0 radical (unpaired) electrons. The summed E-state index contributed by atoms with van der Waals surface area (Å²) in [5.74, 6) is 0.166. The minimum atomic E-state index is -0.242. The highest BCUT2D eigenvalue weighted by molar-refractivity contribution is 6.04. The van der Waals surface area contributed by atoms with Crippen LogP contribution in [0.4, 0.5) is 5.69 Å². The molecular weight excluding hydrogens is 266 g/mol. The summed E-state index contributed by atoms with van der Waals surface area (Å²) in [5, 5.41) is 13.3. The van der Waals surface area contributed by atoms with E-state index >= 15 is 0 Å². The predicted octanol–water partition coefficient (Wildman–Crippen LogP) is 3.95. The van der Waals surface area contributed by atoms with E-state index in [4.69, 9.17) is 4.42 Å². The molecule has 0 aliphatic rings. The van der Waals surface area contributed by atoms with Gasteiger partial charge in [-0.25, -0.2) is 0 Å². The van der Waals surface area contributed by atoms with Crippen molar-refractivity contribution in [2.75, 3.05) is 5.32 Å². The van der Waals surface area contributed by atoms with E-state index in [1.54, 1.807) is 30.3 Å². The summed E-state index contributed by atoms with van der Waals surface area (Å²) >= 11 is 0. The lowest BCUT2D eigenvalue weighted by Crippen LogP contribution is -1.94. The summed E-state index contributed by atoms with van der Waals surface area (Å²) in [4.78, 5) is 12.0. The molecule has 1 heterocycles. The molecule has 0 spiro atoms. The maximum Gasteiger partial charge on any atom is 0.222 e. The van der Waals surface area contributed by atoms with Gasteiger partial charge in [-0.05, 0) is 24.3 Å². The molecule has 0 amide bonds. The molecule has 4 nitrogen and oxygen atoms in total. The number of phenols is 1. The molecule has 2 aromatic carbocycles. The fraction of sp³-hybridized carbons (Fsp3) is 0. The SMILES string of the molecule is O=C(/C=C/Nc1ccccc1O)c1cc2ccccc2o1. The Bertz CT molecular complexity index is 785. The minimum Gasteiger partial charge on any atom is -0.506 e. The molecule has 4 heteroatoms. The maximum atomic E-state index is 12.0. The second-order valence-corrected chi connectivity index (χ2v) is 4.51. The number of carbonyl (C=O) groups is 1. The number of benzene rings is 2. The smallest absolute Gasteiger partial charge is 0.222 e. The first-order valence-electron chi connectivity index (χ1n) is 6.48. The van der Waals surface area contributed by atoms with Crippen LogP contribution in [0.15, 0.2) is 71.3 Å². The van der Waals surface area contributed by atoms with Crippen LogP contribution in [-0.4, -0.2) is 10.9 Å². The van der Waals surface area contributed by atoms with E-state index in [1.807, 2.05) is 24.3 Å². The van der Waals surface area contributed by atoms with Crippen LogP contribution in [0.1, 0.15) is 10.6 Å². The summed E-state index contributed by atoms with van der Waals surface area (Å²) in [6.07, 6.45) is 2.84. The summed E-state index contributed by atoms with van der Waals surface area (Å²) in [5.41, 5.74) is 1.22. The van der Waals surface area contributed by atoms with Gasteiger partial charge in [-0.3, -0.25) is 4.79 Å². The Morgan fingerprint density at radius 1 is 1.10 bits per heavy atom. The molecule has 3 rings (SSSR count). The Labute approximate surface area is 121 Å². The minimum absolute atomic E-state index is 0.123. The monoisotopic (exact) mass is 279 g/mol. The molecule has 104 valence electrons. The van der Waals surface area contributed by atoms with E-state index in [-0.39, 0.29) is 17.3 Å². The van der Waals surface area contributed by atoms with Gasteiger partial charge in [0.05, 0.1) is 5.69 Å². The molecule has 0 aliphatic carbocycles. The Hall–Kier alpha value is -3.01. The van der Waals surface area contributed by atoms with Crippen molar-refractivity contribution in [1.82, 2.24) is 0 Å². The van der Waals surface area contributed by atoms with Gasteiger partial charge in [-0.1, -0.05) is 30.3 Å². The number of aromatic hydroxyl groups is 1. The fourth-order valence-electron chi connectivity index (χ4n) is 1.99. The normalized spacial score (nSPS) is 11.0. The third-order valence-corrected chi connectivity index (χ3v) is 3.05. The van der Waals surface area contributed by atoms with Gasteiger partial charge in [0.15, 0.2) is 5.76 Å². The predicted molar refractivity (Wildman–Crippen MR) is 81.4 cm³/mol. The molecule has 21 heavy (non-hydrogen) atoms. The van der Waals surface area contributed by atoms with Crippen molar-refractivity contribution in [3.8, 4) is 5.75 Å². The van der Waals surface area contributed by atoms with Crippen LogP contribution >= 0.6 is 0 Å². The van der Waals surface area contributed by atoms with Crippen molar-refractivity contribution < 1.29 is 14.3 Å². The Morgan fingerprint density at radius 2 is 1.86 bits per heavy atom. The number of furan rings is 1. The van der Waals surface area contributed by atoms with E-state index in [0.717, 1.165) is 5.39 Å². The van der Waals surface area contributed by atoms with Crippen molar-refractivity contribution in [3.05, 3.63) is 72.6 Å². The highest BCUT2D eigenvalue weighted by atomic mass is 16.3. The molecule has 0 saturated carbocycles. The molecule has 2 N–H and O–H groups in total. The Balaban J connectivity index is 1.74. The number of anilines is 1. The first-order chi connectivity index (χ1) is 10.2. The lowest BCUT2D eigenvalue weighted by atomic mass is 10.2. The Kier molecular flexibility index (Phi) is 3.43. The van der Waals surface area contributed by atoms with Crippen LogP contribution in [0.3, 0.4) is 0 Å². The topological polar surface area (TPSA) is 62.5 Å². The summed E-state index contributed by atoms with van der Waals surface area (Å²) < 4.78 is 5.48. The third kappa shape index (κ3) is 2.79. The highest BCUT2D eigenvalue weighted by Gasteiger charge is 2.08. The zero-order valence-electron chi connectivity index (χ0n) is 11.1. The number of rotatable bonds is 4. The van der Waals surface area contributed by atoms with Gasteiger partial charge in [-0.2, -0.15) is 0 Å². The highest BCUT2D eigenvalue weighted by Crippen LogP contribution is 2.22. The van der Waals surface area contributed by atoms with Crippen molar-refractivity contribution >= 4 is 22.4 Å². The standard InChI is InChI=1S/C17H13NO3/c19-14-7-3-2-6-13(14)18-10-9-15(20)17-11-12-5-1-4-8-16(12)21-17/h1-11,18-19H/b10-9+. The van der Waals surface area contributed by atoms with E-state index in [1.165, 1.54) is 12.3 Å². The molecule has 0 aliphatic heterocycles. The van der Waals surface area contributed by atoms with Gasteiger partial charge in [-0.15, -0.1) is 0 Å². The van der Waals surface area contributed by atoms with E-state index in [2.05, 4.69) is 5.32 Å². The van der Waals surface area contributed by atoms with E-state index in [9.17, 15) is 9.90 Å². The third-order valence-electron chi connectivity index (χ3n) is 3.05. The zero-order valence-corrected chi connectivity index (χ0v) is 11.1. The van der Waals surface area contributed by atoms with Gasteiger partial charge in [0.25, 0.3) is 0 Å². The summed E-state index contributed by atoms with van der Waals surface area (Å²) in [6, 6.07) is 16.0. The van der Waals surface area contributed by atoms with Crippen LogP contribution in [0.2, 0.25) is 0 Å². The first kappa shape index (κ1) is 13.0. The van der Waals surface area contributed by atoms with Crippen LogP contribution in [0, 0.1) is 0 Å². The molecule has 3 aromatic rings. The molecule has 0 atom stereocenters. The molecule has 1 aromatic heterocycles. The number of ketones is 1. The second kappa shape index (κ2) is 5.54. The van der Waals surface area contributed by atoms with Crippen molar-refractivity contribution in [2.45, 2.75) is 0 Å². The van der Waals surface area contributed by atoms with Gasteiger partial charge >= 0.3 is 0 Å². The molecule has 0 fully saturated rings. The first-order valence-corrected chi connectivity index (χ1v) is 6.48. The quantitative estimate of drug-likeness (QED) is 0.431. The van der Waals surface area contributed by atoms with Crippen LogP contribution in [0.5, 0.6) is 5.75 Å². The largest absolute Gasteiger partial charge is 0.506 e. The van der Waals surface area contributed by atoms with Crippen molar-refractivity contribution in [2.24, 2.45) is 0 Å². The molecule has 0 unspecified atom stereocenters. The number of phenolic OH excluding ortho intramolecular Hbond substituents is 1. The van der Waals surface area contributed by atoms with Crippen LogP contribution in [0.25, 0.3) is 11.0 Å². The number of hydrogen-bond acceptors (Lipinski definition) is 4. The number of allylic oxidation sites excluding steroid dienone is 1. The maximum absolute atomic E-state index is 12.0. The van der Waals surface area contributed by atoms with Gasteiger partial charge in [0.2, 0.25) is 5.78 Å². The van der Waals surface area contributed by atoms with E-state index in [0.29, 0.717) is 11.3 Å². The lowest BCUT2D eigenvalue weighted by Gasteiger charge is -2.02. The summed E-state index contributed by atoms with van der Waals surface area (Å²) in [7, 11) is 0. The van der Waals surface area contributed by atoms with Gasteiger partial charge in [0.1, 0.15) is 11.3 Å². The number of para-hydroxylation sites is 3. The second-order valence-electron chi connectivity index (χ2n) is 4.51. The summed E-state index contributed by atoms with van der Waals surface area (Å²) in [6.45, 7) is 0. The molecular formula is C17H13NO3. The van der Waals surface area contributed by atoms with Gasteiger partial charge < -0.3 is 14.8 Å². The average molecular weight is 279 g/mol. The lowest BCUT2D eigenvalue weighted by molar-refractivity contribution is 0.102.